The van der Waals surface area contributed by atoms with Gasteiger partial charge >= 0.3 is 11.9 Å². The highest BCUT2D eigenvalue weighted by atomic mass is 16.5. The van der Waals surface area contributed by atoms with E-state index in [1.807, 2.05) is 20.8 Å². The fraction of sp³-hybridized carbons (Fsp3) is 0.529. The van der Waals surface area contributed by atoms with E-state index in [-0.39, 0.29) is 11.9 Å². The van der Waals surface area contributed by atoms with Gasteiger partial charge in [-0.25, -0.2) is 0 Å². The third-order valence-corrected chi connectivity index (χ3v) is 2.96. The van der Waals surface area contributed by atoms with E-state index in [0.717, 1.165) is 31.2 Å². The van der Waals surface area contributed by atoms with E-state index in [9.17, 15) is 9.59 Å². The predicted octanol–water partition coefficient (Wildman–Crippen LogP) is 4.19. The van der Waals surface area contributed by atoms with Gasteiger partial charge in [-0.05, 0) is 37.5 Å². The minimum absolute atomic E-state index is 0.259. The summed E-state index contributed by atoms with van der Waals surface area (Å²) in [5.74, 6) is 0.334. The lowest BCUT2D eigenvalue weighted by molar-refractivity contribution is -0.134. The van der Waals surface area contributed by atoms with Crippen LogP contribution in [0.25, 0.3) is 0 Å². The molecular formula is C17H24O4. The molecule has 0 atom stereocenters. The molecule has 0 aliphatic rings. The van der Waals surface area contributed by atoms with Gasteiger partial charge in [0.05, 0.1) is 0 Å². The first kappa shape index (κ1) is 17.2. The number of benzene rings is 1. The van der Waals surface area contributed by atoms with Crippen molar-refractivity contribution < 1.29 is 19.1 Å². The van der Waals surface area contributed by atoms with E-state index in [1.165, 1.54) is 0 Å². The molecule has 0 aliphatic carbocycles. The molecular weight excluding hydrogens is 268 g/mol. The minimum Gasteiger partial charge on any atom is -0.426 e. The molecule has 0 aromatic heterocycles. The van der Waals surface area contributed by atoms with E-state index in [0.29, 0.717) is 24.3 Å². The summed E-state index contributed by atoms with van der Waals surface area (Å²) in [7, 11) is 0. The van der Waals surface area contributed by atoms with E-state index < -0.39 is 0 Å². The van der Waals surface area contributed by atoms with Gasteiger partial charge in [0.25, 0.3) is 0 Å². The Hall–Kier alpha value is -1.84. The van der Waals surface area contributed by atoms with Gasteiger partial charge in [-0.2, -0.15) is 0 Å². The van der Waals surface area contributed by atoms with Crippen LogP contribution in [0.3, 0.4) is 0 Å². The van der Waals surface area contributed by atoms with Crippen LogP contribution in [0, 0.1) is 6.92 Å². The summed E-state index contributed by atoms with van der Waals surface area (Å²) in [6.45, 7) is 5.91. The van der Waals surface area contributed by atoms with Gasteiger partial charge in [0, 0.05) is 18.9 Å². The van der Waals surface area contributed by atoms with Gasteiger partial charge in [-0.1, -0.05) is 26.7 Å². The van der Waals surface area contributed by atoms with Crippen LogP contribution in [-0.4, -0.2) is 11.9 Å². The largest absolute Gasteiger partial charge is 0.426 e. The maximum absolute atomic E-state index is 11.6. The maximum atomic E-state index is 11.6. The number of hydrogen-bond donors (Lipinski definition) is 0. The summed E-state index contributed by atoms with van der Waals surface area (Å²) < 4.78 is 10.5. The Morgan fingerprint density at radius 2 is 1.29 bits per heavy atom. The second-order valence-corrected chi connectivity index (χ2v) is 5.14. The molecule has 0 saturated carbocycles. The van der Waals surface area contributed by atoms with Gasteiger partial charge in [0.15, 0.2) is 0 Å². The van der Waals surface area contributed by atoms with E-state index in [4.69, 9.17) is 9.47 Å². The summed E-state index contributed by atoms with van der Waals surface area (Å²) in [5.41, 5.74) is 0.883. The lowest BCUT2D eigenvalue weighted by Crippen LogP contribution is -2.09. The first-order valence-corrected chi connectivity index (χ1v) is 7.58. The van der Waals surface area contributed by atoms with Crippen molar-refractivity contribution >= 4 is 11.9 Å². The topological polar surface area (TPSA) is 52.6 Å². The molecule has 21 heavy (non-hydrogen) atoms. The second-order valence-electron chi connectivity index (χ2n) is 5.14. The van der Waals surface area contributed by atoms with Crippen LogP contribution in [-0.2, 0) is 9.59 Å². The average Bonchev–Trinajstić information content (AvgIpc) is 2.42. The Bertz CT molecular complexity index is 439. The average molecular weight is 292 g/mol. The van der Waals surface area contributed by atoms with Crippen molar-refractivity contribution in [3.63, 3.8) is 0 Å². The van der Waals surface area contributed by atoms with Crippen molar-refractivity contribution in [3.8, 4) is 11.5 Å². The molecule has 0 radical (unpaired) electrons. The smallest absolute Gasteiger partial charge is 0.311 e. The molecule has 1 aromatic rings. The third-order valence-electron chi connectivity index (χ3n) is 2.96. The molecule has 0 spiro atoms. The van der Waals surface area contributed by atoms with Crippen molar-refractivity contribution in [2.24, 2.45) is 0 Å². The highest BCUT2D eigenvalue weighted by Gasteiger charge is 2.09. The lowest BCUT2D eigenvalue weighted by Gasteiger charge is -2.09. The number of esters is 2. The third kappa shape index (κ3) is 6.93. The number of hydrogen-bond acceptors (Lipinski definition) is 4. The van der Waals surface area contributed by atoms with Gasteiger partial charge in [0.2, 0.25) is 0 Å². The monoisotopic (exact) mass is 292 g/mol. The van der Waals surface area contributed by atoms with Crippen molar-refractivity contribution in [1.29, 1.82) is 0 Å². The summed E-state index contributed by atoms with van der Waals surface area (Å²) >= 11 is 0. The van der Waals surface area contributed by atoms with Crippen LogP contribution in [0.5, 0.6) is 11.5 Å². The van der Waals surface area contributed by atoms with Crippen LogP contribution in [0.2, 0.25) is 0 Å². The van der Waals surface area contributed by atoms with Gasteiger partial charge in [0.1, 0.15) is 11.5 Å². The number of ether oxygens (including phenoxy) is 2. The second kappa shape index (κ2) is 9.16. The number of unbranched alkanes of at least 4 members (excludes halogenated alkanes) is 2. The maximum Gasteiger partial charge on any atom is 0.311 e. The van der Waals surface area contributed by atoms with Gasteiger partial charge in [-0.15, -0.1) is 0 Å². The zero-order valence-corrected chi connectivity index (χ0v) is 13.1. The zero-order valence-electron chi connectivity index (χ0n) is 13.1. The lowest BCUT2D eigenvalue weighted by atomic mass is 10.2. The first-order valence-electron chi connectivity index (χ1n) is 7.58. The van der Waals surface area contributed by atoms with Gasteiger partial charge < -0.3 is 9.47 Å². The van der Waals surface area contributed by atoms with E-state index in [1.54, 1.807) is 18.2 Å². The molecule has 0 N–H and O–H groups in total. The number of aryl methyl sites for hydroxylation is 1. The van der Waals surface area contributed by atoms with Crippen LogP contribution in [0.1, 0.15) is 57.9 Å². The molecule has 0 saturated heterocycles. The molecule has 0 bridgehead atoms. The summed E-state index contributed by atoms with van der Waals surface area (Å²) in [6, 6.07) is 5.10. The Balaban J connectivity index is 2.66. The highest BCUT2D eigenvalue weighted by molar-refractivity contribution is 5.74. The number of carbonyl (C=O) groups is 2. The van der Waals surface area contributed by atoms with E-state index in [2.05, 4.69) is 0 Å². The van der Waals surface area contributed by atoms with Crippen LogP contribution < -0.4 is 9.47 Å². The molecule has 0 heterocycles. The van der Waals surface area contributed by atoms with Crippen molar-refractivity contribution in [2.45, 2.75) is 59.3 Å². The number of carbonyl (C=O) groups excluding carboxylic acids is 2. The molecule has 4 heteroatoms. The standard InChI is InChI=1S/C17H24O4/c1-4-6-8-16(18)20-14-10-13(3)11-15(12-14)21-17(19)9-7-5-2/h10-12H,4-9H2,1-3H3. The Morgan fingerprint density at radius 3 is 1.67 bits per heavy atom. The van der Waals surface area contributed by atoms with Crippen molar-refractivity contribution in [3.05, 3.63) is 23.8 Å². The van der Waals surface area contributed by atoms with Crippen LogP contribution >= 0.6 is 0 Å². The fourth-order valence-corrected chi connectivity index (χ4v) is 1.84. The molecule has 0 unspecified atom stereocenters. The molecule has 0 amide bonds. The van der Waals surface area contributed by atoms with Gasteiger partial charge in [-0.3, -0.25) is 9.59 Å². The first-order chi connectivity index (χ1) is 10.0. The Morgan fingerprint density at radius 1 is 0.857 bits per heavy atom. The van der Waals surface area contributed by atoms with Crippen LogP contribution in [0.4, 0.5) is 0 Å². The summed E-state index contributed by atoms with van der Waals surface area (Å²) in [5, 5.41) is 0. The summed E-state index contributed by atoms with van der Waals surface area (Å²) in [4.78, 5) is 23.3. The Labute approximate surface area is 126 Å². The zero-order chi connectivity index (χ0) is 15.7. The molecule has 0 aliphatic heterocycles. The SMILES string of the molecule is CCCCC(=O)Oc1cc(C)cc(OC(=O)CCCC)c1. The van der Waals surface area contributed by atoms with Crippen molar-refractivity contribution in [2.75, 3.05) is 0 Å². The quantitative estimate of drug-likeness (QED) is 0.532. The predicted molar refractivity (Wildman–Crippen MR) is 81.5 cm³/mol. The minimum atomic E-state index is -0.259. The molecule has 116 valence electrons. The molecule has 0 fully saturated rings. The number of rotatable bonds is 8. The fourth-order valence-electron chi connectivity index (χ4n) is 1.84. The van der Waals surface area contributed by atoms with Crippen LogP contribution in [0.15, 0.2) is 18.2 Å². The van der Waals surface area contributed by atoms with E-state index >= 15 is 0 Å². The summed E-state index contributed by atoms with van der Waals surface area (Å²) in [6.07, 6.45) is 4.31. The molecule has 4 nitrogen and oxygen atoms in total. The Kier molecular flexibility index (Phi) is 7.51. The molecule has 1 aromatic carbocycles. The molecule has 1 rings (SSSR count). The highest BCUT2D eigenvalue weighted by Crippen LogP contribution is 2.23. The van der Waals surface area contributed by atoms with Crippen molar-refractivity contribution in [1.82, 2.24) is 0 Å². The normalized spacial score (nSPS) is 10.2.